The second-order valence-electron chi connectivity index (χ2n) is 5.39. The summed E-state index contributed by atoms with van der Waals surface area (Å²) in [7, 11) is 0. The van der Waals surface area contributed by atoms with E-state index in [9.17, 15) is 0 Å². The van der Waals surface area contributed by atoms with E-state index in [1.807, 2.05) is 6.07 Å². The first-order valence-corrected chi connectivity index (χ1v) is 5.50. The second-order valence-corrected chi connectivity index (χ2v) is 5.39. The Bertz CT molecular complexity index is 340. The smallest absolute Gasteiger partial charge is 0.316 e. The van der Waals surface area contributed by atoms with Gasteiger partial charge in [0.2, 0.25) is 0 Å². The number of rotatable bonds is 3. The van der Waals surface area contributed by atoms with Gasteiger partial charge in [-0.3, -0.25) is 0 Å². The van der Waals surface area contributed by atoms with Crippen LogP contribution in [0.1, 0.15) is 45.2 Å². The van der Waals surface area contributed by atoms with Crippen LogP contribution in [0, 0.1) is 5.41 Å². The summed E-state index contributed by atoms with van der Waals surface area (Å²) in [5, 5.41) is 0. The number of ether oxygens (including phenoxy) is 1. The highest BCUT2D eigenvalue weighted by atomic mass is 16.5. The molecule has 3 heteroatoms. The zero-order chi connectivity index (χ0) is 10.9. The maximum Gasteiger partial charge on any atom is 0.316 e. The van der Waals surface area contributed by atoms with Crippen molar-refractivity contribution in [3.8, 4) is 6.01 Å². The molecule has 0 radical (unpaired) electrons. The third kappa shape index (κ3) is 3.18. The molecule has 1 saturated carbocycles. The minimum atomic E-state index is 0.152. The van der Waals surface area contributed by atoms with Crippen LogP contribution in [0.5, 0.6) is 6.01 Å². The van der Waals surface area contributed by atoms with Crippen LogP contribution in [0.3, 0.4) is 0 Å². The Balaban J connectivity index is 1.99. The summed E-state index contributed by atoms with van der Waals surface area (Å²) in [5.74, 6) is 0.657. The monoisotopic (exact) mass is 206 g/mol. The van der Waals surface area contributed by atoms with Gasteiger partial charge in [0.1, 0.15) is 0 Å². The maximum atomic E-state index is 5.57. The van der Waals surface area contributed by atoms with Gasteiger partial charge in [-0.1, -0.05) is 20.8 Å². The summed E-state index contributed by atoms with van der Waals surface area (Å²) in [4.78, 5) is 8.52. The zero-order valence-electron chi connectivity index (χ0n) is 9.66. The first-order valence-electron chi connectivity index (χ1n) is 5.50. The molecule has 0 aromatic carbocycles. The van der Waals surface area contributed by atoms with Crippen LogP contribution in [0.15, 0.2) is 12.3 Å². The topological polar surface area (TPSA) is 35.0 Å². The molecule has 0 unspecified atom stereocenters. The van der Waals surface area contributed by atoms with E-state index in [1.165, 1.54) is 12.8 Å². The Hall–Kier alpha value is -1.12. The molecule has 15 heavy (non-hydrogen) atoms. The molecule has 3 nitrogen and oxygen atoms in total. The maximum absolute atomic E-state index is 5.57. The van der Waals surface area contributed by atoms with E-state index in [0.717, 1.165) is 5.69 Å². The van der Waals surface area contributed by atoms with Gasteiger partial charge in [0.05, 0.1) is 12.3 Å². The van der Waals surface area contributed by atoms with Crippen LogP contribution in [-0.4, -0.2) is 16.6 Å². The molecular formula is C12H18N2O. The molecule has 0 saturated heterocycles. The first-order chi connectivity index (χ1) is 7.04. The van der Waals surface area contributed by atoms with Crippen molar-refractivity contribution in [3.63, 3.8) is 0 Å². The van der Waals surface area contributed by atoms with Gasteiger partial charge < -0.3 is 4.74 Å². The van der Waals surface area contributed by atoms with E-state index in [2.05, 4.69) is 30.7 Å². The van der Waals surface area contributed by atoms with Crippen LogP contribution in [0.4, 0.5) is 0 Å². The lowest BCUT2D eigenvalue weighted by atomic mass is 9.99. The van der Waals surface area contributed by atoms with Gasteiger partial charge in [-0.05, 0) is 24.3 Å². The Morgan fingerprint density at radius 3 is 2.73 bits per heavy atom. The molecule has 1 aliphatic carbocycles. The zero-order valence-corrected chi connectivity index (χ0v) is 9.66. The van der Waals surface area contributed by atoms with Crippen LogP contribution in [0.2, 0.25) is 0 Å². The lowest BCUT2D eigenvalue weighted by Crippen LogP contribution is -2.18. The summed E-state index contributed by atoms with van der Waals surface area (Å²) in [6.07, 6.45) is 4.31. The van der Waals surface area contributed by atoms with Crippen molar-refractivity contribution in [1.82, 2.24) is 9.97 Å². The normalized spacial score (nSPS) is 16.5. The molecule has 1 heterocycles. The average Bonchev–Trinajstić information content (AvgIpc) is 2.97. The molecule has 0 spiro atoms. The highest BCUT2D eigenvalue weighted by molar-refractivity contribution is 5.15. The molecule has 0 amide bonds. The first kappa shape index (κ1) is 10.4. The van der Waals surface area contributed by atoms with Crippen molar-refractivity contribution in [2.45, 2.75) is 39.5 Å². The third-order valence-corrected chi connectivity index (χ3v) is 2.28. The van der Waals surface area contributed by atoms with Crippen LogP contribution < -0.4 is 4.74 Å². The van der Waals surface area contributed by atoms with Crippen molar-refractivity contribution >= 4 is 0 Å². The highest BCUT2D eigenvalue weighted by Gasteiger charge is 2.25. The quantitative estimate of drug-likeness (QED) is 0.762. The van der Waals surface area contributed by atoms with E-state index in [4.69, 9.17) is 4.74 Å². The highest BCUT2D eigenvalue weighted by Crippen LogP contribution is 2.39. The predicted octanol–water partition coefficient (Wildman–Crippen LogP) is 2.78. The summed E-state index contributed by atoms with van der Waals surface area (Å²) in [6, 6.07) is 2.51. The van der Waals surface area contributed by atoms with Gasteiger partial charge in [0, 0.05) is 12.1 Å². The third-order valence-electron chi connectivity index (χ3n) is 2.28. The van der Waals surface area contributed by atoms with Crippen LogP contribution >= 0.6 is 0 Å². The molecule has 82 valence electrons. The number of aromatic nitrogens is 2. The number of hydrogen-bond acceptors (Lipinski definition) is 3. The van der Waals surface area contributed by atoms with E-state index >= 15 is 0 Å². The fourth-order valence-electron chi connectivity index (χ4n) is 1.31. The van der Waals surface area contributed by atoms with Crippen LogP contribution in [0.25, 0.3) is 0 Å². The Labute approximate surface area is 90.9 Å². The van der Waals surface area contributed by atoms with E-state index in [0.29, 0.717) is 18.5 Å². The molecule has 0 bridgehead atoms. The summed E-state index contributed by atoms with van der Waals surface area (Å²) in [6.45, 7) is 7.06. The van der Waals surface area contributed by atoms with E-state index in [-0.39, 0.29) is 5.41 Å². The molecule has 0 N–H and O–H groups in total. The Morgan fingerprint density at radius 1 is 1.40 bits per heavy atom. The molecule has 1 fully saturated rings. The molecule has 0 aliphatic heterocycles. The largest absolute Gasteiger partial charge is 0.463 e. The van der Waals surface area contributed by atoms with Gasteiger partial charge in [-0.25, -0.2) is 4.98 Å². The van der Waals surface area contributed by atoms with E-state index < -0.39 is 0 Å². The second kappa shape index (κ2) is 3.80. The predicted molar refractivity (Wildman–Crippen MR) is 59.0 cm³/mol. The fraction of sp³-hybridized carbons (Fsp3) is 0.667. The standard InChI is InChI=1S/C12H18N2O/c1-12(2,3)8-15-11-13-7-6-10(14-11)9-4-5-9/h6-7,9H,4-5,8H2,1-3H3. The average molecular weight is 206 g/mol. The number of hydrogen-bond donors (Lipinski definition) is 0. The van der Waals surface area contributed by atoms with Gasteiger partial charge in [-0.2, -0.15) is 4.98 Å². The molecule has 0 atom stereocenters. The van der Waals surface area contributed by atoms with Crippen molar-refractivity contribution in [1.29, 1.82) is 0 Å². The van der Waals surface area contributed by atoms with E-state index in [1.54, 1.807) is 6.20 Å². The van der Waals surface area contributed by atoms with Crippen molar-refractivity contribution in [3.05, 3.63) is 18.0 Å². The summed E-state index contributed by atoms with van der Waals surface area (Å²) < 4.78 is 5.57. The van der Waals surface area contributed by atoms with Gasteiger partial charge >= 0.3 is 6.01 Å². The molecule has 1 aromatic rings. The minimum Gasteiger partial charge on any atom is -0.463 e. The molecule has 1 aromatic heterocycles. The van der Waals surface area contributed by atoms with Crippen molar-refractivity contribution < 1.29 is 4.74 Å². The van der Waals surface area contributed by atoms with Crippen molar-refractivity contribution in [2.24, 2.45) is 5.41 Å². The number of nitrogens with zero attached hydrogens (tertiary/aromatic N) is 2. The lowest BCUT2D eigenvalue weighted by Gasteiger charge is -2.17. The minimum absolute atomic E-state index is 0.152. The molecule has 1 aliphatic rings. The lowest BCUT2D eigenvalue weighted by molar-refractivity contribution is 0.184. The van der Waals surface area contributed by atoms with Crippen molar-refractivity contribution in [2.75, 3.05) is 6.61 Å². The SMILES string of the molecule is CC(C)(C)COc1nccc(C2CC2)n1. The van der Waals surface area contributed by atoms with Gasteiger partial charge in [-0.15, -0.1) is 0 Å². The molecule has 2 rings (SSSR count). The van der Waals surface area contributed by atoms with Gasteiger partial charge in [0.15, 0.2) is 0 Å². The van der Waals surface area contributed by atoms with Gasteiger partial charge in [0.25, 0.3) is 0 Å². The fourth-order valence-corrected chi connectivity index (χ4v) is 1.31. The summed E-state index contributed by atoms with van der Waals surface area (Å²) >= 11 is 0. The Morgan fingerprint density at radius 2 is 2.13 bits per heavy atom. The molecular weight excluding hydrogens is 188 g/mol. The Kier molecular flexibility index (Phi) is 2.63. The van der Waals surface area contributed by atoms with Crippen LogP contribution in [-0.2, 0) is 0 Å². The summed E-state index contributed by atoms with van der Waals surface area (Å²) in [5.41, 5.74) is 1.28.